The lowest BCUT2D eigenvalue weighted by Gasteiger charge is -2.09. The van der Waals surface area contributed by atoms with Crippen molar-refractivity contribution < 1.29 is 9.53 Å². The zero-order valence-corrected chi connectivity index (χ0v) is 16.4. The van der Waals surface area contributed by atoms with E-state index in [4.69, 9.17) is 16.3 Å². The summed E-state index contributed by atoms with van der Waals surface area (Å²) in [6.45, 7) is 5.44. The second-order valence-corrected chi connectivity index (χ2v) is 6.57. The Hall–Kier alpha value is -3.26. The Kier molecular flexibility index (Phi) is 6.00. The number of nitrogens with zero attached hydrogens (tertiary/aromatic N) is 5. The molecule has 8 nitrogen and oxygen atoms in total. The van der Waals surface area contributed by atoms with Gasteiger partial charge in [0, 0.05) is 5.02 Å². The molecule has 144 valence electrons. The maximum absolute atomic E-state index is 12.0. The van der Waals surface area contributed by atoms with Gasteiger partial charge in [-0.1, -0.05) is 23.7 Å². The Morgan fingerprint density at radius 1 is 1.21 bits per heavy atom. The van der Waals surface area contributed by atoms with Crippen LogP contribution in [0.4, 0.5) is 0 Å². The van der Waals surface area contributed by atoms with E-state index in [1.165, 1.54) is 6.33 Å². The molecule has 0 saturated heterocycles. The third kappa shape index (κ3) is 4.72. The van der Waals surface area contributed by atoms with E-state index in [9.17, 15) is 4.79 Å². The van der Waals surface area contributed by atoms with Crippen molar-refractivity contribution in [2.24, 2.45) is 5.10 Å². The number of aromatic nitrogens is 4. The van der Waals surface area contributed by atoms with E-state index < -0.39 is 0 Å². The van der Waals surface area contributed by atoms with Gasteiger partial charge in [0.15, 0.2) is 6.61 Å². The summed E-state index contributed by atoms with van der Waals surface area (Å²) in [6, 6.07) is 11.1. The van der Waals surface area contributed by atoms with E-state index in [-0.39, 0.29) is 12.5 Å². The first-order valence-electron chi connectivity index (χ1n) is 8.50. The van der Waals surface area contributed by atoms with Crippen LogP contribution in [0.25, 0.3) is 5.69 Å². The van der Waals surface area contributed by atoms with Gasteiger partial charge in [-0.2, -0.15) is 5.10 Å². The molecule has 0 aliphatic rings. The summed E-state index contributed by atoms with van der Waals surface area (Å²) in [7, 11) is 0. The number of hydrogen-bond acceptors (Lipinski definition) is 6. The largest absolute Gasteiger partial charge is 0.484 e. The third-order valence-corrected chi connectivity index (χ3v) is 4.62. The number of amides is 1. The molecule has 0 radical (unpaired) electrons. The number of hydrogen-bond donors (Lipinski definition) is 1. The lowest BCUT2D eigenvalue weighted by molar-refractivity contribution is -0.123. The fraction of sp³-hybridized carbons (Fsp3) is 0.211. The first kappa shape index (κ1) is 19.5. The summed E-state index contributed by atoms with van der Waals surface area (Å²) in [4.78, 5) is 12.0. The molecule has 0 saturated carbocycles. The molecule has 0 fully saturated rings. The van der Waals surface area contributed by atoms with Crippen LogP contribution in [-0.2, 0) is 4.79 Å². The van der Waals surface area contributed by atoms with Crippen LogP contribution in [0.15, 0.2) is 47.8 Å². The number of ether oxygens (including phenoxy) is 1. The molecular formula is C19H19ClN6O2. The van der Waals surface area contributed by atoms with Gasteiger partial charge in [0.1, 0.15) is 12.1 Å². The highest BCUT2D eigenvalue weighted by Crippen LogP contribution is 2.25. The topological polar surface area (TPSA) is 94.3 Å². The Morgan fingerprint density at radius 2 is 1.89 bits per heavy atom. The molecular weight excluding hydrogens is 380 g/mol. The Balaban J connectivity index is 1.56. The van der Waals surface area contributed by atoms with E-state index >= 15 is 0 Å². The van der Waals surface area contributed by atoms with Gasteiger partial charge in [-0.25, -0.2) is 10.1 Å². The minimum Gasteiger partial charge on any atom is -0.484 e. The first-order valence-corrected chi connectivity index (χ1v) is 8.88. The van der Waals surface area contributed by atoms with Crippen molar-refractivity contribution >= 4 is 23.2 Å². The lowest BCUT2D eigenvalue weighted by Crippen LogP contribution is -2.25. The van der Waals surface area contributed by atoms with Crippen LogP contribution in [0.2, 0.25) is 5.02 Å². The van der Waals surface area contributed by atoms with Crippen LogP contribution < -0.4 is 10.2 Å². The Labute approximate surface area is 167 Å². The van der Waals surface area contributed by atoms with E-state index in [1.54, 1.807) is 23.7 Å². The van der Waals surface area contributed by atoms with Crippen LogP contribution >= 0.6 is 11.6 Å². The molecule has 1 heterocycles. The lowest BCUT2D eigenvalue weighted by atomic mass is 10.1. The van der Waals surface area contributed by atoms with E-state index in [0.29, 0.717) is 16.5 Å². The number of benzene rings is 2. The summed E-state index contributed by atoms with van der Waals surface area (Å²) in [5.74, 6) is 0.239. The minimum absolute atomic E-state index is 0.143. The maximum atomic E-state index is 12.0. The van der Waals surface area contributed by atoms with Crippen molar-refractivity contribution in [1.29, 1.82) is 0 Å². The van der Waals surface area contributed by atoms with Gasteiger partial charge >= 0.3 is 0 Å². The van der Waals surface area contributed by atoms with Gasteiger partial charge in [0.05, 0.1) is 11.4 Å². The molecule has 0 aliphatic carbocycles. The highest BCUT2D eigenvalue weighted by Gasteiger charge is 2.07. The second kappa shape index (κ2) is 8.62. The SMILES string of the molecule is CC(=NNC(=O)COc1cc(C)c(Cl)c(C)c1)c1ccc(-n2cnnn2)cc1. The van der Waals surface area contributed by atoms with Crippen LogP contribution in [0.5, 0.6) is 5.75 Å². The number of carbonyl (C=O) groups excluding carboxylic acids is 1. The number of hydrazone groups is 1. The minimum atomic E-state index is -0.352. The standard InChI is InChI=1S/C19H19ClN6O2/c1-12-8-17(9-13(2)19(12)20)28-10-18(27)23-22-14(3)15-4-6-16(7-5-15)26-11-21-24-25-26/h4-9,11H,10H2,1-3H3,(H,23,27). The Morgan fingerprint density at radius 3 is 2.50 bits per heavy atom. The molecule has 0 aliphatic heterocycles. The molecule has 3 rings (SSSR count). The fourth-order valence-corrected chi connectivity index (χ4v) is 2.63. The van der Waals surface area contributed by atoms with Crippen molar-refractivity contribution in [2.75, 3.05) is 6.61 Å². The maximum Gasteiger partial charge on any atom is 0.277 e. The highest BCUT2D eigenvalue weighted by atomic mass is 35.5. The van der Waals surface area contributed by atoms with Gasteiger partial charge in [-0.05, 0) is 72.2 Å². The third-order valence-electron chi connectivity index (χ3n) is 4.03. The molecule has 2 aromatic carbocycles. The average Bonchev–Trinajstić information content (AvgIpc) is 3.23. The molecule has 1 aromatic heterocycles. The predicted molar refractivity (Wildman–Crippen MR) is 106 cm³/mol. The van der Waals surface area contributed by atoms with Crippen molar-refractivity contribution in [3.05, 3.63) is 64.4 Å². The van der Waals surface area contributed by atoms with Crippen LogP contribution in [0, 0.1) is 13.8 Å². The van der Waals surface area contributed by atoms with Crippen molar-refractivity contribution in [3.8, 4) is 11.4 Å². The smallest absolute Gasteiger partial charge is 0.277 e. The molecule has 1 amide bonds. The summed E-state index contributed by atoms with van der Waals surface area (Å²) in [5, 5.41) is 15.8. The quantitative estimate of drug-likeness (QED) is 0.509. The summed E-state index contributed by atoms with van der Waals surface area (Å²) >= 11 is 6.13. The molecule has 28 heavy (non-hydrogen) atoms. The zero-order valence-electron chi connectivity index (χ0n) is 15.7. The average molecular weight is 399 g/mol. The van der Waals surface area contributed by atoms with E-state index in [2.05, 4.69) is 26.1 Å². The summed E-state index contributed by atoms with van der Waals surface area (Å²) in [5.41, 5.74) is 6.64. The molecule has 3 aromatic rings. The molecule has 0 bridgehead atoms. The van der Waals surface area contributed by atoms with Crippen LogP contribution in [0.3, 0.4) is 0 Å². The number of halogens is 1. The van der Waals surface area contributed by atoms with Crippen LogP contribution in [0.1, 0.15) is 23.6 Å². The molecule has 0 atom stereocenters. The van der Waals surface area contributed by atoms with Gasteiger partial charge in [0.2, 0.25) is 0 Å². The molecule has 0 spiro atoms. The normalized spacial score (nSPS) is 11.4. The number of tetrazole rings is 1. The number of nitrogens with one attached hydrogen (secondary N) is 1. The van der Waals surface area contributed by atoms with Gasteiger partial charge in [-0.15, -0.1) is 5.10 Å². The second-order valence-electron chi connectivity index (χ2n) is 6.19. The monoisotopic (exact) mass is 398 g/mol. The molecule has 9 heteroatoms. The number of carbonyl (C=O) groups is 1. The Bertz CT molecular complexity index is 977. The molecule has 1 N–H and O–H groups in total. The van der Waals surface area contributed by atoms with Gasteiger partial charge in [0.25, 0.3) is 5.91 Å². The van der Waals surface area contributed by atoms with Crippen molar-refractivity contribution in [2.45, 2.75) is 20.8 Å². The fourth-order valence-electron chi connectivity index (χ4n) is 2.52. The summed E-state index contributed by atoms with van der Waals surface area (Å²) < 4.78 is 7.07. The van der Waals surface area contributed by atoms with E-state index in [1.807, 2.05) is 38.1 Å². The predicted octanol–water partition coefficient (Wildman–Crippen LogP) is 2.85. The number of aryl methyl sites for hydroxylation is 2. The summed E-state index contributed by atoms with van der Waals surface area (Å²) in [6.07, 6.45) is 1.51. The van der Waals surface area contributed by atoms with E-state index in [0.717, 1.165) is 22.4 Å². The van der Waals surface area contributed by atoms with Gasteiger partial charge in [-0.3, -0.25) is 4.79 Å². The first-order chi connectivity index (χ1) is 13.4. The van der Waals surface area contributed by atoms with Crippen LogP contribution in [-0.4, -0.2) is 38.4 Å². The molecule has 0 unspecified atom stereocenters. The van der Waals surface area contributed by atoms with Gasteiger partial charge < -0.3 is 4.74 Å². The highest BCUT2D eigenvalue weighted by molar-refractivity contribution is 6.32. The zero-order chi connectivity index (χ0) is 20.1. The van der Waals surface area contributed by atoms with Crippen molar-refractivity contribution in [3.63, 3.8) is 0 Å². The van der Waals surface area contributed by atoms with Crippen molar-refractivity contribution in [1.82, 2.24) is 25.6 Å². The number of rotatable bonds is 6.